The van der Waals surface area contributed by atoms with E-state index in [1.54, 1.807) is 0 Å². The number of aryl methyl sites for hydroxylation is 2. The summed E-state index contributed by atoms with van der Waals surface area (Å²) in [7, 11) is 0. The van der Waals surface area contributed by atoms with Crippen molar-refractivity contribution in [2.45, 2.75) is 38.4 Å². The Morgan fingerprint density at radius 1 is 1.50 bits per heavy atom. The van der Waals surface area contributed by atoms with Crippen molar-refractivity contribution >= 4 is 64.5 Å². The second kappa shape index (κ2) is 6.54. The van der Waals surface area contributed by atoms with Gasteiger partial charge in [-0.3, -0.25) is 4.79 Å². The molecule has 1 heterocycles. The van der Waals surface area contributed by atoms with E-state index < -0.39 is 0 Å². The summed E-state index contributed by atoms with van der Waals surface area (Å²) < 4.78 is 2.09. The Morgan fingerprint density at radius 3 is 2.85 bits per heavy atom. The van der Waals surface area contributed by atoms with Crippen LogP contribution in [-0.4, -0.2) is 15.7 Å². The van der Waals surface area contributed by atoms with Crippen LogP contribution in [0.3, 0.4) is 0 Å². The lowest BCUT2D eigenvalue weighted by molar-refractivity contribution is -0.115. The average molecular weight is 420 g/mol. The van der Waals surface area contributed by atoms with Gasteiger partial charge in [0.25, 0.3) is 0 Å². The molecule has 1 amide bonds. The molecule has 3 nitrogen and oxygen atoms in total. The molecule has 0 saturated carbocycles. The molecule has 0 unspecified atom stereocenters. The van der Waals surface area contributed by atoms with Gasteiger partial charge in [-0.1, -0.05) is 40.6 Å². The lowest BCUT2D eigenvalue weighted by atomic mass is 10.1. The van der Waals surface area contributed by atoms with Crippen molar-refractivity contribution in [2.24, 2.45) is 0 Å². The van der Waals surface area contributed by atoms with Crippen LogP contribution in [0.2, 0.25) is 0 Å². The third kappa shape index (κ3) is 3.23. The van der Waals surface area contributed by atoms with Gasteiger partial charge in [0.15, 0.2) is 5.13 Å². The van der Waals surface area contributed by atoms with Gasteiger partial charge in [-0.25, -0.2) is 4.98 Å². The molecular formula is C14H16Br2N2OS. The van der Waals surface area contributed by atoms with Crippen molar-refractivity contribution in [3.8, 4) is 0 Å². The summed E-state index contributed by atoms with van der Waals surface area (Å²) in [6.45, 7) is 6.22. The third-order valence-corrected chi connectivity index (χ3v) is 5.75. The Kier molecular flexibility index (Phi) is 5.20. The van der Waals surface area contributed by atoms with Gasteiger partial charge in [-0.05, 0) is 53.4 Å². The first-order valence-corrected chi connectivity index (χ1v) is 8.97. The van der Waals surface area contributed by atoms with Crippen molar-refractivity contribution in [2.75, 3.05) is 5.32 Å². The number of anilines is 1. The van der Waals surface area contributed by atoms with Gasteiger partial charge >= 0.3 is 0 Å². The lowest BCUT2D eigenvalue weighted by Crippen LogP contribution is -2.22. The third-order valence-electron chi connectivity index (χ3n) is 3.19. The molecule has 0 aliphatic rings. The largest absolute Gasteiger partial charge is 0.301 e. The normalized spacial score (nSPS) is 12.7. The van der Waals surface area contributed by atoms with Crippen molar-refractivity contribution in [1.29, 1.82) is 0 Å². The number of halogens is 2. The minimum Gasteiger partial charge on any atom is -0.301 e. The van der Waals surface area contributed by atoms with E-state index in [0.717, 1.165) is 27.5 Å². The zero-order valence-electron chi connectivity index (χ0n) is 11.6. The quantitative estimate of drug-likeness (QED) is 0.693. The highest BCUT2D eigenvalue weighted by Crippen LogP contribution is 2.35. The summed E-state index contributed by atoms with van der Waals surface area (Å²) in [4.78, 5) is 16.4. The van der Waals surface area contributed by atoms with E-state index in [9.17, 15) is 4.79 Å². The summed E-state index contributed by atoms with van der Waals surface area (Å²) in [5.74, 6) is -0.0311. The minimum absolute atomic E-state index is 0.0311. The fourth-order valence-electron chi connectivity index (χ4n) is 1.90. The second-order valence-electron chi connectivity index (χ2n) is 4.74. The van der Waals surface area contributed by atoms with Crippen LogP contribution in [-0.2, 0) is 4.79 Å². The van der Waals surface area contributed by atoms with Gasteiger partial charge in [-0.15, -0.1) is 0 Å². The number of alkyl halides is 1. The number of hydrogen-bond acceptors (Lipinski definition) is 3. The van der Waals surface area contributed by atoms with Crippen LogP contribution in [0, 0.1) is 13.8 Å². The molecule has 0 saturated heterocycles. The van der Waals surface area contributed by atoms with Crippen LogP contribution in [0.4, 0.5) is 5.13 Å². The van der Waals surface area contributed by atoms with Gasteiger partial charge in [0.1, 0.15) is 0 Å². The first-order valence-electron chi connectivity index (χ1n) is 6.45. The van der Waals surface area contributed by atoms with E-state index in [-0.39, 0.29) is 10.7 Å². The first kappa shape index (κ1) is 15.9. The molecular weight excluding hydrogens is 404 g/mol. The first-order chi connectivity index (χ1) is 9.43. The molecule has 0 fully saturated rings. The molecule has 1 atom stereocenters. The van der Waals surface area contributed by atoms with Gasteiger partial charge in [0, 0.05) is 4.47 Å². The smallest absolute Gasteiger partial charge is 0.239 e. The highest BCUT2D eigenvalue weighted by molar-refractivity contribution is 9.10. The summed E-state index contributed by atoms with van der Waals surface area (Å²) in [5.41, 5.74) is 3.34. The molecule has 1 aromatic carbocycles. The van der Waals surface area contributed by atoms with Crippen LogP contribution < -0.4 is 5.32 Å². The molecule has 0 aliphatic carbocycles. The van der Waals surface area contributed by atoms with Crippen LogP contribution in [0.1, 0.15) is 30.9 Å². The molecule has 2 rings (SSSR count). The molecule has 2 aromatic rings. The monoisotopic (exact) mass is 418 g/mol. The number of carbonyl (C=O) groups is 1. The zero-order chi connectivity index (χ0) is 14.9. The number of carbonyl (C=O) groups excluding carboxylic acids is 1. The van der Waals surface area contributed by atoms with Gasteiger partial charge in [0.2, 0.25) is 5.91 Å². The van der Waals surface area contributed by atoms with Crippen LogP contribution in [0.25, 0.3) is 10.2 Å². The zero-order valence-corrected chi connectivity index (χ0v) is 15.6. The standard InChI is InChI=1S/C14H16Br2N2OS/c1-4-5-9(15)13(19)18-14-17-11-10(16)6-7(2)8(3)12(11)20-14/h6,9H,4-5H2,1-3H3,(H,17,18,19)/t9-/m1/s1. The summed E-state index contributed by atoms with van der Waals surface area (Å²) in [6.07, 6.45) is 1.78. The fourth-order valence-corrected chi connectivity index (χ4v) is 4.29. The Balaban J connectivity index is 2.31. The number of nitrogens with zero attached hydrogens (tertiary/aromatic N) is 1. The maximum absolute atomic E-state index is 12.0. The van der Waals surface area contributed by atoms with Crippen molar-refractivity contribution in [3.05, 3.63) is 21.7 Å². The Labute approximate surface area is 139 Å². The molecule has 0 spiro atoms. The van der Waals surface area contributed by atoms with Crippen LogP contribution >= 0.6 is 43.2 Å². The highest BCUT2D eigenvalue weighted by atomic mass is 79.9. The molecule has 6 heteroatoms. The van der Waals surface area contributed by atoms with Crippen LogP contribution in [0.5, 0.6) is 0 Å². The summed E-state index contributed by atoms with van der Waals surface area (Å²) >= 11 is 8.46. The number of benzene rings is 1. The summed E-state index contributed by atoms with van der Waals surface area (Å²) in [6, 6.07) is 2.06. The van der Waals surface area contributed by atoms with Gasteiger partial charge in [-0.2, -0.15) is 0 Å². The lowest BCUT2D eigenvalue weighted by Gasteiger charge is -2.06. The Bertz CT molecular complexity index is 654. The summed E-state index contributed by atoms with van der Waals surface area (Å²) in [5, 5.41) is 3.54. The molecule has 0 aliphatic heterocycles. The predicted octanol–water partition coefficient (Wildman–Crippen LogP) is 5.18. The number of hydrogen-bond donors (Lipinski definition) is 1. The second-order valence-corrected chi connectivity index (χ2v) is 7.70. The Hall–Kier alpha value is -0.460. The van der Waals surface area contributed by atoms with Crippen LogP contribution in [0.15, 0.2) is 10.5 Å². The van der Waals surface area contributed by atoms with E-state index in [2.05, 4.69) is 69.0 Å². The molecule has 108 valence electrons. The van der Waals surface area contributed by atoms with Crippen molar-refractivity contribution in [3.63, 3.8) is 0 Å². The molecule has 1 aromatic heterocycles. The Morgan fingerprint density at radius 2 is 2.20 bits per heavy atom. The minimum atomic E-state index is -0.161. The number of rotatable bonds is 4. The maximum atomic E-state index is 12.0. The molecule has 1 N–H and O–H groups in total. The van der Waals surface area contributed by atoms with E-state index in [1.165, 1.54) is 22.5 Å². The topological polar surface area (TPSA) is 42.0 Å². The SMILES string of the molecule is CCC[C@@H](Br)C(=O)Nc1nc2c(Br)cc(C)c(C)c2s1. The number of nitrogens with one attached hydrogen (secondary N) is 1. The molecule has 0 radical (unpaired) electrons. The van der Waals surface area contributed by atoms with Gasteiger partial charge < -0.3 is 5.32 Å². The van der Waals surface area contributed by atoms with Gasteiger partial charge in [0.05, 0.1) is 15.0 Å². The number of fused-ring (bicyclic) bond motifs is 1. The number of aromatic nitrogens is 1. The number of thiazole rings is 1. The van der Waals surface area contributed by atoms with E-state index in [0.29, 0.717) is 5.13 Å². The highest BCUT2D eigenvalue weighted by Gasteiger charge is 2.17. The predicted molar refractivity (Wildman–Crippen MR) is 93.0 cm³/mol. The van der Waals surface area contributed by atoms with E-state index >= 15 is 0 Å². The van der Waals surface area contributed by atoms with E-state index in [1.807, 2.05) is 0 Å². The molecule has 20 heavy (non-hydrogen) atoms. The number of amides is 1. The average Bonchev–Trinajstić information content (AvgIpc) is 2.81. The maximum Gasteiger partial charge on any atom is 0.239 e. The van der Waals surface area contributed by atoms with Crippen molar-refractivity contribution < 1.29 is 4.79 Å². The van der Waals surface area contributed by atoms with Crippen molar-refractivity contribution in [1.82, 2.24) is 4.98 Å². The fraction of sp³-hybridized carbons (Fsp3) is 0.429. The molecule has 0 bridgehead atoms. The van der Waals surface area contributed by atoms with E-state index in [4.69, 9.17) is 0 Å².